The highest BCUT2D eigenvalue weighted by atomic mass is 32.1. The molecule has 1 aromatic heterocycles. The van der Waals surface area contributed by atoms with E-state index < -0.39 is 16.8 Å². The molecule has 1 rings (SSSR count). The van der Waals surface area contributed by atoms with Gasteiger partial charge in [0.05, 0.1) is 5.92 Å². The fourth-order valence-corrected chi connectivity index (χ4v) is 2.24. The van der Waals surface area contributed by atoms with Crippen LogP contribution in [0.4, 0.5) is 0 Å². The molecule has 18 heavy (non-hydrogen) atoms. The fourth-order valence-electron chi connectivity index (χ4n) is 1.65. The van der Waals surface area contributed by atoms with Crippen molar-refractivity contribution < 1.29 is 9.72 Å². The zero-order valence-corrected chi connectivity index (χ0v) is 11.1. The lowest BCUT2D eigenvalue weighted by Crippen LogP contribution is -2.26. The molecule has 1 aromatic rings. The summed E-state index contributed by atoms with van der Waals surface area (Å²) in [4.78, 5) is 21.3. The molecular formula is C13H15NO3S. The second-order valence-corrected chi connectivity index (χ2v) is 5.14. The van der Waals surface area contributed by atoms with E-state index in [2.05, 4.69) is 11.8 Å². The highest BCUT2D eigenvalue weighted by molar-refractivity contribution is 7.08. The molecule has 2 atom stereocenters. The molecule has 5 heteroatoms. The first-order valence-corrected chi connectivity index (χ1v) is 6.59. The Morgan fingerprint density at radius 2 is 2.28 bits per heavy atom. The van der Waals surface area contributed by atoms with E-state index in [-0.39, 0.29) is 12.5 Å². The predicted molar refractivity (Wildman–Crippen MR) is 70.9 cm³/mol. The van der Waals surface area contributed by atoms with Gasteiger partial charge in [-0.3, -0.25) is 10.1 Å². The molecule has 0 aliphatic carbocycles. The van der Waals surface area contributed by atoms with Gasteiger partial charge in [0.15, 0.2) is 0 Å². The second-order valence-electron chi connectivity index (χ2n) is 4.36. The molecule has 0 fully saturated rings. The van der Waals surface area contributed by atoms with Crippen molar-refractivity contribution in [3.63, 3.8) is 0 Å². The summed E-state index contributed by atoms with van der Waals surface area (Å²) in [6.07, 6.45) is 0.779. The molecule has 96 valence electrons. The summed E-state index contributed by atoms with van der Waals surface area (Å²) in [6.45, 7) is 3.45. The van der Waals surface area contributed by atoms with Crippen molar-refractivity contribution in [2.75, 3.05) is 6.54 Å². The van der Waals surface area contributed by atoms with Crippen LogP contribution in [0.25, 0.3) is 0 Å². The molecule has 0 amide bonds. The molecule has 0 radical (unpaired) electrons. The van der Waals surface area contributed by atoms with Crippen molar-refractivity contribution in [3.8, 4) is 11.8 Å². The maximum atomic E-state index is 11.0. The van der Waals surface area contributed by atoms with Gasteiger partial charge in [-0.2, -0.15) is 11.3 Å². The highest BCUT2D eigenvalue weighted by Crippen LogP contribution is 2.19. The van der Waals surface area contributed by atoms with Gasteiger partial charge in [-0.05, 0) is 17.4 Å². The summed E-state index contributed by atoms with van der Waals surface area (Å²) in [5, 5.41) is 14.4. The Morgan fingerprint density at radius 3 is 2.72 bits per heavy atom. The topological polar surface area (TPSA) is 60.2 Å². The van der Waals surface area contributed by atoms with Crippen molar-refractivity contribution in [1.82, 2.24) is 0 Å². The molecule has 0 aliphatic heterocycles. The number of carbonyl (C=O) groups is 1. The Morgan fingerprint density at radius 1 is 1.56 bits per heavy atom. The molecule has 1 heterocycles. The maximum absolute atomic E-state index is 11.0. The number of carbonyl (C=O) groups excluding carboxylic acids is 1. The van der Waals surface area contributed by atoms with Gasteiger partial charge in [-0.15, -0.1) is 0 Å². The SMILES string of the molecule is CC(C)[C@@H](C=O)C(C#Cc1ccsc1)C[N+](=O)[O-]. The minimum Gasteiger partial charge on any atom is -0.303 e. The molecular weight excluding hydrogens is 250 g/mol. The van der Waals surface area contributed by atoms with Crippen molar-refractivity contribution in [3.05, 3.63) is 32.5 Å². The number of nitrogens with zero attached hydrogens (tertiary/aromatic N) is 1. The van der Waals surface area contributed by atoms with E-state index in [0.29, 0.717) is 0 Å². The Labute approximate surface area is 110 Å². The molecule has 0 N–H and O–H groups in total. The summed E-state index contributed by atoms with van der Waals surface area (Å²) in [5.74, 6) is 4.88. The lowest BCUT2D eigenvalue weighted by molar-refractivity contribution is -0.486. The van der Waals surface area contributed by atoms with E-state index in [1.54, 1.807) is 0 Å². The summed E-state index contributed by atoms with van der Waals surface area (Å²) in [6, 6.07) is 1.85. The Kier molecular flexibility index (Phi) is 5.53. The van der Waals surface area contributed by atoms with Gasteiger partial charge in [-0.1, -0.05) is 25.7 Å². The van der Waals surface area contributed by atoms with Crippen LogP contribution >= 0.6 is 11.3 Å². The first-order chi connectivity index (χ1) is 8.54. The zero-order chi connectivity index (χ0) is 13.5. The molecule has 0 bridgehead atoms. The summed E-state index contributed by atoms with van der Waals surface area (Å²) >= 11 is 1.52. The number of hydrogen-bond acceptors (Lipinski definition) is 4. The Hall–Kier alpha value is -1.67. The lowest BCUT2D eigenvalue weighted by Gasteiger charge is -2.17. The number of thiophene rings is 1. The predicted octanol–water partition coefficient (Wildman–Crippen LogP) is 2.46. The fraction of sp³-hybridized carbons (Fsp3) is 0.462. The van der Waals surface area contributed by atoms with Crippen LogP contribution in [0.3, 0.4) is 0 Å². The first-order valence-electron chi connectivity index (χ1n) is 5.65. The normalized spacial score (nSPS) is 13.5. The van der Waals surface area contributed by atoms with E-state index in [9.17, 15) is 14.9 Å². The number of nitro groups is 1. The monoisotopic (exact) mass is 265 g/mol. The molecule has 0 saturated carbocycles. The molecule has 0 spiro atoms. The van der Waals surface area contributed by atoms with Crippen LogP contribution in [0.15, 0.2) is 16.8 Å². The molecule has 1 unspecified atom stereocenters. The van der Waals surface area contributed by atoms with Gasteiger partial charge in [0.1, 0.15) is 6.29 Å². The van der Waals surface area contributed by atoms with Crippen molar-refractivity contribution in [2.45, 2.75) is 13.8 Å². The minimum atomic E-state index is -0.530. The maximum Gasteiger partial charge on any atom is 0.218 e. The van der Waals surface area contributed by atoms with Crippen LogP contribution in [0, 0.1) is 39.7 Å². The average molecular weight is 265 g/mol. The Balaban J connectivity index is 2.90. The van der Waals surface area contributed by atoms with Gasteiger partial charge in [0.2, 0.25) is 6.54 Å². The third-order valence-electron chi connectivity index (χ3n) is 2.66. The summed E-state index contributed by atoms with van der Waals surface area (Å²) in [5.41, 5.74) is 0.835. The number of aldehydes is 1. The zero-order valence-electron chi connectivity index (χ0n) is 10.3. The highest BCUT2D eigenvalue weighted by Gasteiger charge is 2.26. The molecule has 0 aliphatic rings. The number of rotatable bonds is 5. The largest absolute Gasteiger partial charge is 0.303 e. The molecule has 4 nitrogen and oxygen atoms in total. The van der Waals surface area contributed by atoms with Gasteiger partial charge in [0, 0.05) is 21.8 Å². The van der Waals surface area contributed by atoms with E-state index in [4.69, 9.17) is 0 Å². The van der Waals surface area contributed by atoms with Gasteiger partial charge < -0.3 is 4.79 Å². The van der Waals surface area contributed by atoms with Crippen LogP contribution in [0.2, 0.25) is 0 Å². The standard InChI is InChI=1S/C13H15NO3S/c1-10(2)13(8-15)12(7-14(16)17)4-3-11-5-6-18-9-11/h5-6,8-10,12-13H,7H2,1-2H3/t12?,13-/m1/s1. The number of hydrogen-bond donors (Lipinski definition) is 0. The van der Waals surface area contributed by atoms with Crippen LogP contribution in [-0.4, -0.2) is 17.8 Å². The minimum absolute atomic E-state index is 0.0456. The van der Waals surface area contributed by atoms with E-state index >= 15 is 0 Å². The third-order valence-corrected chi connectivity index (χ3v) is 3.34. The quantitative estimate of drug-likeness (QED) is 0.355. The van der Waals surface area contributed by atoms with Crippen LogP contribution in [0.1, 0.15) is 19.4 Å². The van der Waals surface area contributed by atoms with E-state index in [1.807, 2.05) is 30.7 Å². The van der Waals surface area contributed by atoms with E-state index in [1.165, 1.54) is 11.3 Å². The van der Waals surface area contributed by atoms with Crippen molar-refractivity contribution in [2.24, 2.45) is 17.8 Å². The van der Waals surface area contributed by atoms with E-state index in [0.717, 1.165) is 11.8 Å². The van der Waals surface area contributed by atoms with Crippen molar-refractivity contribution in [1.29, 1.82) is 0 Å². The molecule has 0 aromatic carbocycles. The van der Waals surface area contributed by atoms with Gasteiger partial charge >= 0.3 is 0 Å². The summed E-state index contributed by atoms with van der Waals surface area (Å²) in [7, 11) is 0. The van der Waals surface area contributed by atoms with Gasteiger partial charge in [-0.25, -0.2) is 0 Å². The van der Waals surface area contributed by atoms with Crippen LogP contribution < -0.4 is 0 Å². The average Bonchev–Trinajstić information content (AvgIpc) is 2.78. The smallest absolute Gasteiger partial charge is 0.218 e. The summed E-state index contributed by atoms with van der Waals surface area (Å²) < 4.78 is 0. The van der Waals surface area contributed by atoms with Crippen molar-refractivity contribution >= 4 is 17.6 Å². The first kappa shape index (κ1) is 14.4. The lowest BCUT2D eigenvalue weighted by atomic mass is 9.84. The second kappa shape index (κ2) is 6.92. The van der Waals surface area contributed by atoms with Crippen LogP contribution in [-0.2, 0) is 4.79 Å². The van der Waals surface area contributed by atoms with Crippen LogP contribution in [0.5, 0.6) is 0 Å². The molecule has 0 saturated heterocycles. The Bertz CT molecular complexity index is 456. The third kappa shape index (κ3) is 4.30. The van der Waals surface area contributed by atoms with Gasteiger partial charge in [0.25, 0.3) is 0 Å².